The zero-order valence-corrected chi connectivity index (χ0v) is 17.3. The third-order valence-electron chi connectivity index (χ3n) is 5.04. The van der Waals surface area contributed by atoms with Gasteiger partial charge in [0, 0.05) is 6.54 Å². The maximum Gasteiger partial charge on any atom is 0.342 e. The number of carbonyl (C=O) groups excluding carboxylic acids is 1. The summed E-state index contributed by atoms with van der Waals surface area (Å²) >= 11 is 0. The van der Waals surface area contributed by atoms with E-state index in [1.54, 1.807) is 6.07 Å². The van der Waals surface area contributed by atoms with Gasteiger partial charge in [0.05, 0.1) is 17.7 Å². The molecule has 7 heteroatoms. The van der Waals surface area contributed by atoms with Crippen molar-refractivity contribution < 1.29 is 22.7 Å². The second-order valence-corrected chi connectivity index (χ2v) is 8.74. The fraction of sp³-hybridized carbons (Fsp3) is 0.174. The number of methoxy groups -OCH3 is 1. The molecular formula is C23H21NO5S. The van der Waals surface area contributed by atoms with Crippen LogP contribution < -0.4 is 9.04 Å². The maximum absolute atomic E-state index is 13.3. The Bertz CT molecular complexity index is 1180. The number of nitrogens with zero attached hydrogens (tertiary/aromatic N) is 1. The van der Waals surface area contributed by atoms with Crippen molar-refractivity contribution in [1.82, 2.24) is 0 Å². The predicted molar refractivity (Wildman–Crippen MR) is 113 cm³/mol. The van der Waals surface area contributed by atoms with Crippen molar-refractivity contribution in [3.8, 4) is 5.75 Å². The fourth-order valence-electron chi connectivity index (χ4n) is 3.49. The van der Waals surface area contributed by atoms with Crippen molar-refractivity contribution in [2.24, 2.45) is 0 Å². The van der Waals surface area contributed by atoms with Crippen LogP contribution in [-0.4, -0.2) is 28.0 Å². The molecule has 0 fully saturated rings. The molecule has 0 saturated heterocycles. The SMILES string of the molecule is COc1ccc(S(=O)(=O)N2CCc3ccccc32)cc1C(=O)OCc1ccccc1. The molecule has 0 spiro atoms. The Morgan fingerprint density at radius 3 is 2.50 bits per heavy atom. The number of sulfonamides is 1. The van der Waals surface area contributed by atoms with Gasteiger partial charge in [0.2, 0.25) is 0 Å². The lowest BCUT2D eigenvalue weighted by Crippen LogP contribution is -2.29. The lowest BCUT2D eigenvalue weighted by atomic mass is 10.2. The average molecular weight is 423 g/mol. The van der Waals surface area contributed by atoms with Crippen LogP contribution in [0.3, 0.4) is 0 Å². The number of carbonyl (C=O) groups is 1. The Kier molecular flexibility index (Phi) is 5.46. The molecule has 0 aromatic heterocycles. The fourth-order valence-corrected chi connectivity index (χ4v) is 5.02. The zero-order chi connectivity index (χ0) is 21.1. The van der Waals surface area contributed by atoms with E-state index < -0.39 is 16.0 Å². The summed E-state index contributed by atoms with van der Waals surface area (Å²) in [7, 11) is -2.41. The first-order chi connectivity index (χ1) is 14.5. The number of anilines is 1. The summed E-state index contributed by atoms with van der Waals surface area (Å²) in [5, 5.41) is 0. The van der Waals surface area contributed by atoms with E-state index in [4.69, 9.17) is 9.47 Å². The third kappa shape index (κ3) is 3.76. The Balaban J connectivity index is 1.63. The molecule has 4 rings (SSSR count). The minimum Gasteiger partial charge on any atom is -0.496 e. The first kappa shape index (κ1) is 20.0. The Morgan fingerprint density at radius 1 is 1.00 bits per heavy atom. The lowest BCUT2D eigenvalue weighted by Gasteiger charge is -2.20. The molecule has 3 aromatic carbocycles. The maximum atomic E-state index is 13.3. The molecule has 0 amide bonds. The molecule has 1 heterocycles. The van der Waals surface area contributed by atoms with Gasteiger partial charge < -0.3 is 9.47 Å². The standard InChI is InChI=1S/C23H21NO5S/c1-28-22-12-11-19(15-20(22)23(25)29-16-17-7-3-2-4-8-17)30(26,27)24-14-13-18-9-5-6-10-21(18)24/h2-12,15H,13-14,16H2,1H3. The molecule has 0 atom stereocenters. The van der Waals surface area contributed by atoms with Gasteiger partial charge in [-0.3, -0.25) is 4.31 Å². The molecule has 30 heavy (non-hydrogen) atoms. The van der Waals surface area contributed by atoms with E-state index in [9.17, 15) is 13.2 Å². The van der Waals surface area contributed by atoms with Crippen LogP contribution in [0, 0.1) is 0 Å². The minimum atomic E-state index is -3.83. The van der Waals surface area contributed by atoms with E-state index in [2.05, 4.69) is 0 Å². The van der Waals surface area contributed by atoms with E-state index >= 15 is 0 Å². The molecule has 6 nitrogen and oxygen atoms in total. The highest BCUT2D eigenvalue weighted by molar-refractivity contribution is 7.92. The van der Waals surface area contributed by atoms with E-state index in [0.29, 0.717) is 18.7 Å². The van der Waals surface area contributed by atoms with Crippen molar-refractivity contribution >= 4 is 21.7 Å². The van der Waals surface area contributed by atoms with Crippen LogP contribution in [0.25, 0.3) is 0 Å². The van der Waals surface area contributed by atoms with Gasteiger partial charge in [0.25, 0.3) is 10.0 Å². The average Bonchev–Trinajstić information content (AvgIpc) is 3.23. The van der Waals surface area contributed by atoms with Gasteiger partial charge in [-0.2, -0.15) is 0 Å². The summed E-state index contributed by atoms with van der Waals surface area (Å²) in [5.41, 5.74) is 2.56. The Hall–Kier alpha value is -3.32. The summed E-state index contributed by atoms with van der Waals surface area (Å²) in [4.78, 5) is 12.7. The van der Waals surface area contributed by atoms with Crippen LogP contribution in [0.1, 0.15) is 21.5 Å². The minimum absolute atomic E-state index is 0.0201. The van der Waals surface area contributed by atoms with Crippen LogP contribution in [0.15, 0.2) is 77.7 Å². The van der Waals surface area contributed by atoms with Crippen LogP contribution in [0.2, 0.25) is 0 Å². The molecule has 0 radical (unpaired) electrons. The summed E-state index contributed by atoms with van der Waals surface area (Å²) in [6.07, 6.45) is 0.650. The van der Waals surface area contributed by atoms with E-state index in [0.717, 1.165) is 11.1 Å². The summed E-state index contributed by atoms with van der Waals surface area (Å²) in [6.45, 7) is 0.445. The number of fused-ring (bicyclic) bond motifs is 1. The highest BCUT2D eigenvalue weighted by Gasteiger charge is 2.31. The molecule has 0 N–H and O–H groups in total. The lowest BCUT2D eigenvalue weighted by molar-refractivity contribution is 0.0468. The largest absolute Gasteiger partial charge is 0.496 e. The zero-order valence-electron chi connectivity index (χ0n) is 16.4. The summed E-state index contributed by atoms with van der Waals surface area (Å²) in [5.74, 6) is -0.386. The van der Waals surface area contributed by atoms with Crippen molar-refractivity contribution in [3.05, 3.63) is 89.5 Å². The van der Waals surface area contributed by atoms with Crippen LogP contribution in [0.4, 0.5) is 5.69 Å². The van der Waals surface area contributed by atoms with Crippen LogP contribution in [-0.2, 0) is 27.8 Å². The molecule has 1 aliphatic rings. The molecule has 0 unspecified atom stereocenters. The predicted octanol–water partition coefficient (Wildman–Crippen LogP) is 3.80. The van der Waals surface area contributed by atoms with Gasteiger partial charge in [-0.05, 0) is 41.8 Å². The monoisotopic (exact) mass is 423 g/mol. The first-order valence-corrected chi connectivity index (χ1v) is 10.9. The summed E-state index contributed by atoms with van der Waals surface area (Å²) in [6, 6.07) is 20.9. The Morgan fingerprint density at radius 2 is 1.73 bits per heavy atom. The van der Waals surface area contributed by atoms with Crippen molar-refractivity contribution in [2.45, 2.75) is 17.9 Å². The van der Waals surface area contributed by atoms with Gasteiger partial charge in [0.15, 0.2) is 0 Å². The van der Waals surface area contributed by atoms with E-state index in [1.807, 2.05) is 48.5 Å². The van der Waals surface area contributed by atoms with Crippen molar-refractivity contribution in [1.29, 1.82) is 0 Å². The van der Waals surface area contributed by atoms with Gasteiger partial charge in [-0.15, -0.1) is 0 Å². The first-order valence-electron chi connectivity index (χ1n) is 9.50. The summed E-state index contributed by atoms with van der Waals surface area (Å²) < 4.78 is 38.6. The van der Waals surface area contributed by atoms with Gasteiger partial charge in [0.1, 0.15) is 17.9 Å². The van der Waals surface area contributed by atoms with Gasteiger partial charge in [-0.25, -0.2) is 13.2 Å². The van der Waals surface area contributed by atoms with Gasteiger partial charge >= 0.3 is 5.97 Å². The van der Waals surface area contributed by atoms with Gasteiger partial charge in [-0.1, -0.05) is 48.5 Å². The molecule has 1 aliphatic heterocycles. The normalized spacial score (nSPS) is 13.0. The van der Waals surface area contributed by atoms with Crippen molar-refractivity contribution in [2.75, 3.05) is 18.0 Å². The number of hydrogen-bond donors (Lipinski definition) is 0. The van der Waals surface area contributed by atoms with E-state index in [-0.39, 0.29) is 22.8 Å². The van der Waals surface area contributed by atoms with Crippen LogP contribution in [0.5, 0.6) is 5.75 Å². The molecule has 154 valence electrons. The third-order valence-corrected chi connectivity index (χ3v) is 6.85. The molecule has 0 aliphatic carbocycles. The number of benzene rings is 3. The van der Waals surface area contributed by atoms with Crippen LogP contribution >= 0.6 is 0 Å². The highest BCUT2D eigenvalue weighted by atomic mass is 32.2. The molecule has 0 bridgehead atoms. The number of ether oxygens (including phenoxy) is 2. The number of hydrogen-bond acceptors (Lipinski definition) is 5. The highest BCUT2D eigenvalue weighted by Crippen LogP contribution is 2.34. The topological polar surface area (TPSA) is 72.9 Å². The Labute approximate surface area is 175 Å². The molecular weight excluding hydrogens is 402 g/mol. The molecule has 0 saturated carbocycles. The number of rotatable bonds is 6. The second kappa shape index (κ2) is 8.20. The number of esters is 1. The second-order valence-electron chi connectivity index (χ2n) is 6.88. The molecule has 3 aromatic rings. The van der Waals surface area contributed by atoms with Crippen molar-refractivity contribution in [3.63, 3.8) is 0 Å². The number of para-hydroxylation sites is 1. The quantitative estimate of drug-likeness (QED) is 0.564. The smallest absolute Gasteiger partial charge is 0.342 e. The van der Waals surface area contributed by atoms with E-state index in [1.165, 1.54) is 29.6 Å².